The number of carbonyl (C=O) groups is 2. The molecule has 37 heavy (non-hydrogen) atoms. The van der Waals surface area contributed by atoms with E-state index in [4.69, 9.17) is 20.8 Å². The molecule has 2 aromatic carbocycles. The SMILES string of the molecule is C=CCOC(=O)c1sc(N2C(=O)c3oc4ccc(Cl)cc4c(=O)c3C2c2ccc([N+](=O)[O-])cc2)nc1C. The fourth-order valence-corrected chi connectivity index (χ4v) is 5.27. The number of fused-ring (bicyclic) bond motifs is 2. The van der Waals surface area contributed by atoms with Crippen LogP contribution in [-0.2, 0) is 4.74 Å². The van der Waals surface area contributed by atoms with Gasteiger partial charge in [-0.3, -0.25) is 24.6 Å². The second kappa shape index (κ2) is 9.26. The number of amides is 1. The van der Waals surface area contributed by atoms with Gasteiger partial charge in [-0.1, -0.05) is 35.6 Å². The highest BCUT2D eigenvalue weighted by Crippen LogP contribution is 2.43. The normalized spacial score (nSPS) is 14.6. The summed E-state index contributed by atoms with van der Waals surface area (Å²) in [5.74, 6) is -1.47. The second-order valence-corrected chi connectivity index (χ2v) is 9.45. The molecule has 2 aromatic heterocycles. The molecule has 1 amide bonds. The number of halogens is 1. The molecular weight excluding hydrogens is 522 g/mol. The van der Waals surface area contributed by atoms with Crippen LogP contribution in [0.4, 0.5) is 10.8 Å². The minimum absolute atomic E-state index is 0.00141. The Kier molecular flexibility index (Phi) is 6.10. The molecule has 0 fully saturated rings. The van der Waals surface area contributed by atoms with Gasteiger partial charge in [-0.05, 0) is 42.8 Å². The largest absolute Gasteiger partial charge is 0.457 e. The van der Waals surface area contributed by atoms with Crippen molar-refractivity contribution in [2.45, 2.75) is 13.0 Å². The zero-order chi connectivity index (χ0) is 26.4. The molecule has 1 aliphatic heterocycles. The van der Waals surface area contributed by atoms with Gasteiger partial charge in [0.2, 0.25) is 5.76 Å². The number of carbonyl (C=O) groups excluding carboxylic acids is 2. The lowest BCUT2D eigenvalue weighted by Crippen LogP contribution is -2.29. The highest BCUT2D eigenvalue weighted by Gasteiger charge is 2.45. The molecule has 0 saturated heterocycles. The second-order valence-electron chi connectivity index (χ2n) is 8.04. The molecule has 5 rings (SSSR count). The summed E-state index contributed by atoms with van der Waals surface area (Å²) >= 11 is 7.02. The molecule has 4 aromatic rings. The molecule has 1 atom stereocenters. The third-order valence-electron chi connectivity index (χ3n) is 5.76. The van der Waals surface area contributed by atoms with Crippen molar-refractivity contribution in [1.29, 1.82) is 0 Å². The summed E-state index contributed by atoms with van der Waals surface area (Å²) < 4.78 is 11.0. The Hall–Kier alpha value is -4.35. The highest BCUT2D eigenvalue weighted by molar-refractivity contribution is 7.17. The van der Waals surface area contributed by atoms with E-state index in [-0.39, 0.29) is 44.6 Å². The van der Waals surface area contributed by atoms with Crippen LogP contribution in [0, 0.1) is 17.0 Å². The molecule has 3 heterocycles. The number of aryl methyl sites for hydroxylation is 1. The van der Waals surface area contributed by atoms with Crippen molar-refractivity contribution in [3.8, 4) is 0 Å². The third-order valence-corrected chi connectivity index (χ3v) is 7.13. The van der Waals surface area contributed by atoms with Gasteiger partial charge in [0.1, 0.15) is 17.1 Å². The van der Waals surface area contributed by atoms with E-state index in [1.54, 1.807) is 6.92 Å². The van der Waals surface area contributed by atoms with Crippen LogP contribution in [0.2, 0.25) is 5.02 Å². The summed E-state index contributed by atoms with van der Waals surface area (Å²) in [5, 5.41) is 11.8. The molecule has 10 nitrogen and oxygen atoms in total. The number of hydrogen-bond acceptors (Lipinski definition) is 9. The number of rotatable bonds is 6. The average Bonchev–Trinajstić information content (AvgIpc) is 3.40. The Morgan fingerprint density at radius 3 is 2.70 bits per heavy atom. The van der Waals surface area contributed by atoms with Crippen LogP contribution >= 0.6 is 22.9 Å². The van der Waals surface area contributed by atoms with Crippen molar-refractivity contribution < 1.29 is 23.7 Å². The number of ether oxygens (including phenoxy) is 1. The van der Waals surface area contributed by atoms with E-state index < -0.39 is 28.3 Å². The highest BCUT2D eigenvalue weighted by atomic mass is 35.5. The average molecular weight is 538 g/mol. The standard InChI is InChI=1S/C25H16ClN3O7S/c1-3-10-35-24(32)22-12(2)27-25(37-22)28-19(13-4-7-15(8-5-13)29(33)34)18-20(30)16-11-14(26)6-9-17(16)36-21(18)23(28)31/h3-9,11,19H,1,10H2,2H3. The Morgan fingerprint density at radius 2 is 2.03 bits per heavy atom. The van der Waals surface area contributed by atoms with E-state index in [0.717, 1.165) is 11.3 Å². The van der Waals surface area contributed by atoms with Gasteiger partial charge in [-0.2, -0.15) is 0 Å². The first-order chi connectivity index (χ1) is 17.7. The molecular formula is C25H16ClN3O7S. The Bertz CT molecular complexity index is 1680. The molecule has 0 N–H and O–H groups in total. The van der Waals surface area contributed by atoms with Gasteiger partial charge in [0, 0.05) is 17.2 Å². The summed E-state index contributed by atoms with van der Waals surface area (Å²) in [6, 6.07) is 8.93. The molecule has 0 spiro atoms. The molecule has 0 radical (unpaired) electrons. The van der Waals surface area contributed by atoms with Crippen LogP contribution in [0.1, 0.15) is 43.1 Å². The first kappa shape index (κ1) is 24.3. The number of thiazole rings is 1. The third kappa shape index (κ3) is 4.07. The Balaban J connectivity index is 1.72. The van der Waals surface area contributed by atoms with E-state index in [9.17, 15) is 24.5 Å². The molecule has 1 aliphatic rings. The van der Waals surface area contributed by atoms with Crippen LogP contribution in [0.15, 0.2) is 64.3 Å². The molecule has 0 aliphatic carbocycles. The van der Waals surface area contributed by atoms with Crippen LogP contribution in [0.5, 0.6) is 0 Å². The maximum atomic E-state index is 13.7. The zero-order valence-corrected chi connectivity index (χ0v) is 20.7. The van der Waals surface area contributed by atoms with Crippen molar-refractivity contribution in [3.63, 3.8) is 0 Å². The maximum absolute atomic E-state index is 13.7. The fraction of sp³-hybridized carbons (Fsp3) is 0.120. The fourth-order valence-electron chi connectivity index (χ4n) is 4.11. The minimum Gasteiger partial charge on any atom is -0.457 e. The van der Waals surface area contributed by atoms with E-state index in [2.05, 4.69) is 11.6 Å². The van der Waals surface area contributed by atoms with Crippen molar-refractivity contribution in [2.24, 2.45) is 0 Å². The number of anilines is 1. The minimum atomic E-state index is -1.02. The quantitative estimate of drug-likeness (QED) is 0.142. The lowest BCUT2D eigenvalue weighted by Gasteiger charge is -2.22. The van der Waals surface area contributed by atoms with Gasteiger partial charge < -0.3 is 9.15 Å². The monoisotopic (exact) mass is 537 g/mol. The van der Waals surface area contributed by atoms with E-state index in [0.29, 0.717) is 16.3 Å². The number of aromatic nitrogens is 1. The predicted molar refractivity (Wildman–Crippen MR) is 137 cm³/mol. The Labute approximate surface area is 217 Å². The topological polar surface area (TPSA) is 133 Å². The zero-order valence-electron chi connectivity index (χ0n) is 19.1. The molecule has 186 valence electrons. The summed E-state index contributed by atoms with van der Waals surface area (Å²) in [6.07, 6.45) is 1.43. The van der Waals surface area contributed by atoms with Crippen LogP contribution in [-0.4, -0.2) is 28.4 Å². The summed E-state index contributed by atoms with van der Waals surface area (Å²) in [5.41, 5.74) is 0.324. The number of non-ortho nitro benzene ring substituents is 1. The lowest BCUT2D eigenvalue weighted by atomic mass is 9.98. The summed E-state index contributed by atoms with van der Waals surface area (Å²) in [4.78, 5) is 56.3. The van der Waals surface area contributed by atoms with Gasteiger partial charge >= 0.3 is 5.97 Å². The van der Waals surface area contributed by atoms with Gasteiger partial charge in [0.05, 0.1) is 27.6 Å². The van der Waals surface area contributed by atoms with Crippen molar-refractivity contribution in [2.75, 3.05) is 11.5 Å². The van der Waals surface area contributed by atoms with Crippen LogP contribution < -0.4 is 10.3 Å². The molecule has 1 unspecified atom stereocenters. The van der Waals surface area contributed by atoms with Gasteiger partial charge in [-0.15, -0.1) is 0 Å². The van der Waals surface area contributed by atoms with Crippen LogP contribution in [0.3, 0.4) is 0 Å². The summed E-state index contributed by atoms with van der Waals surface area (Å²) in [7, 11) is 0. The number of nitrogens with zero attached hydrogens (tertiary/aromatic N) is 3. The maximum Gasteiger partial charge on any atom is 0.350 e. The van der Waals surface area contributed by atoms with Crippen molar-refractivity contribution >= 4 is 56.6 Å². The molecule has 0 bridgehead atoms. The first-order valence-corrected chi connectivity index (χ1v) is 12.0. The van der Waals surface area contributed by atoms with E-state index >= 15 is 0 Å². The Morgan fingerprint density at radius 1 is 1.30 bits per heavy atom. The smallest absolute Gasteiger partial charge is 0.350 e. The first-order valence-electron chi connectivity index (χ1n) is 10.8. The van der Waals surface area contributed by atoms with Gasteiger partial charge in [0.25, 0.3) is 11.6 Å². The van der Waals surface area contributed by atoms with Gasteiger partial charge in [-0.25, -0.2) is 9.78 Å². The summed E-state index contributed by atoms with van der Waals surface area (Å²) in [6.45, 7) is 5.11. The van der Waals surface area contributed by atoms with Crippen molar-refractivity contribution in [1.82, 2.24) is 4.98 Å². The van der Waals surface area contributed by atoms with E-state index in [1.807, 2.05) is 0 Å². The molecule has 0 saturated carbocycles. The number of nitro benzene ring substituents is 1. The number of esters is 1. The number of nitro groups is 1. The molecule has 12 heteroatoms. The number of benzene rings is 2. The van der Waals surface area contributed by atoms with E-state index in [1.165, 1.54) is 53.4 Å². The van der Waals surface area contributed by atoms with Gasteiger partial charge in [0.15, 0.2) is 10.6 Å². The lowest BCUT2D eigenvalue weighted by molar-refractivity contribution is -0.384. The van der Waals surface area contributed by atoms with Crippen molar-refractivity contribution in [3.05, 3.63) is 108 Å². The van der Waals surface area contributed by atoms with Crippen LogP contribution in [0.25, 0.3) is 11.0 Å². The number of hydrogen-bond donors (Lipinski definition) is 0. The predicted octanol–water partition coefficient (Wildman–Crippen LogP) is 5.21.